The molecule has 9 rings (SSSR count). The van der Waals surface area contributed by atoms with Crippen molar-refractivity contribution in [1.82, 2.24) is 0 Å². The topological polar surface area (TPSA) is 3.24 Å². The molecule has 0 N–H and O–H groups in total. The van der Waals surface area contributed by atoms with E-state index < -0.39 is 0 Å². The Morgan fingerprint density at radius 3 is 1.47 bits per heavy atom. The van der Waals surface area contributed by atoms with Crippen LogP contribution in [0.5, 0.6) is 0 Å². The molecule has 0 bridgehead atoms. The Bertz CT molecular complexity index is 2620. The third-order valence-electron chi connectivity index (χ3n) is 9.83. The molecule has 0 aliphatic rings. The van der Waals surface area contributed by atoms with Gasteiger partial charge in [-0.2, -0.15) is 0 Å². The van der Waals surface area contributed by atoms with Crippen LogP contribution in [0.15, 0.2) is 212 Å². The quantitative estimate of drug-likeness (QED) is 0.166. The smallest absolute Gasteiger partial charge is 0.0467 e. The largest absolute Gasteiger partial charge is 0.310 e. The summed E-state index contributed by atoms with van der Waals surface area (Å²) in [6.45, 7) is 0. The molecular formula is C50H35N. The maximum Gasteiger partial charge on any atom is 0.0467 e. The fourth-order valence-corrected chi connectivity index (χ4v) is 7.31. The minimum atomic E-state index is 1.10. The van der Waals surface area contributed by atoms with Crippen LogP contribution in [0.2, 0.25) is 0 Å². The van der Waals surface area contributed by atoms with Crippen LogP contribution in [0.4, 0.5) is 17.1 Å². The van der Waals surface area contributed by atoms with E-state index in [1.165, 1.54) is 66.1 Å². The average Bonchev–Trinajstić information content (AvgIpc) is 3.21. The van der Waals surface area contributed by atoms with Crippen molar-refractivity contribution in [3.05, 3.63) is 212 Å². The van der Waals surface area contributed by atoms with Gasteiger partial charge in [0.05, 0.1) is 0 Å². The SMILES string of the molecule is c1ccc(-c2cccc(N(c3ccc(-c4ccc5ccccc5c4-c4ccccc4)cc3)c3cccc(-c4ccc5ccccc5c4)c3)c2)cc1. The zero-order valence-electron chi connectivity index (χ0n) is 28.2. The van der Waals surface area contributed by atoms with Gasteiger partial charge in [0.2, 0.25) is 0 Å². The van der Waals surface area contributed by atoms with Gasteiger partial charge in [-0.05, 0) is 109 Å². The van der Waals surface area contributed by atoms with Crippen LogP contribution in [-0.2, 0) is 0 Å². The van der Waals surface area contributed by atoms with Crippen molar-refractivity contribution < 1.29 is 0 Å². The van der Waals surface area contributed by atoms with Crippen LogP contribution in [0.25, 0.3) is 66.1 Å². The molecular weight excluding hydrogens is 615 g/mol. The molecule has 0 heterocycles. The van der Waals surface area contributed by atoms with E-state index in [0.717, 1.165) is 17.1 Å². The van der Waals surface area contributed by atoms with Gasteiger partial charge in [-0.25, -0.2) is 0 Å². The van der Waals surface area contributed by atoms with Gasteiger partial charge in [-0.15, -0.1) is 0 Å². The molecule has 0 saturated heterocycles. The lowest BCUT2D eigenvalue weighted by Crippen LogP contribution is -2.10. The lowest BCUT2D eigenvalue weighted by molar-refractivity contribution is 1.28. The van der Waals surface area contributed by atoms with Crippen LogP contribution in [-0.4, -0.2) is 0 Å². The molecule has 0 radical (unpaired) electrons. The summed E-state index contributed by atoms with van der Waals surface area (Å²) in [5.74, 6) is 0. The molecule has 0 fully saturated rings. The maximum absolute atomic E-state index is 2.37. The van der Waals surface area contributed by atoms with Crippen molar-refractivity contribution in [2.45, 2.75) is 0 Å². The summed E-state index contributed by atoms with van der Waals surface area (Å²) in [5.41, 5.74) is 13.0. The Hall–Kier alpha value is -6.70. The van der Waals surface area contributed by atoms with Gasteiger partial charge in [-0.1, -0.05) is 170 Å². The summed E-state index contributed by atoms with van der Waals surface area (Å²) in [4.78, 5) is 2.37. The number of fused-ring (bicyclic) bond motifs is 2. The molecule has 0 aliphatic heterocycles. The summed E-state index contributed by atoms with van der Waals surface area (Å²) >= 11 is 0. The second-order valence-electron chi connectivity index (χ2n) is 13.0. The number of hydrogen-bond donors (Lipinski definition) is 0. The highest BCUT2D eigenvalue weighted by Gasteiger charge is 2.17. The predicted molar refractivity (Wildman–Crippen MR) is 218 cm³/mol. The fraction of sp³-hybridized carbons (Fsp3) is 0. The van der Waals surface area contributed by atoms with Crippen molar-refractivity contribution in [3.63, 3.8) is 0 Å². The first-order chi connectivity index (χ1) is 25.3. The Balaban J connectivity index is 1.17. The molecule has 0 atom stereocenters. The first-order valence-corrected chi connectivity index (χ1v) is 17.5. The average molecular weight is 650 g/mol. The number of hydrogen-bond acceptors (Lipinski definition) is 1. The molecule has 0 unspecified atom stereocenters. The summed E-state index contributed by atoms with van der Waals surface area (Å²) in [5, 5.41) is 4.99. The monoisotopic (exact) mass is 649 g/mol. The van der Waals surface area contributed by atoms with E-state index in [0.29, 0.717) is 0 Å². The van der Waals surface area contributed by atoms with Gasteiger partial charge in [0.15, 0.2) is 0 Å². The van der Waals surface area contributed by atoms with Gasteiger partial charge in [-0.3, -0.25) is 0 Å². The molecule has 0 amide bonds. The van der Waals surface area contributed by atoms with Gasteiger partial charge in [0.1, 0.15) is 0 Å². The molecule has 1 nitrogen and oxygen atoms in total. The van der Waals surface area contributed by atoms with Crippen LogP contribution in [0, 0.1) is 0 Å². The Morgan fingerprint density at radius 1 is 0.255 bits per heavy atom. The number of nitrogens with zero attached hydrogens (tertiary/aromatic N) is 1. The second-order valence-corrected chi connectivity index (χ2v) is 13.0. The van der Waals surface area contributed by atoms with Crippen LogP contribution >= 0.6 is 0 Å². The van der Waals surface area contributed by atoms with E-state index in [2.05, 4.69) is 217 Å². The highest BCUT2D eigenvalue weighted by atomic mass is 15.1. The third-order valence-corrected chi connectivity index (χ3v) is 9.83. The molecule has 9 aromatic rings. The van der Waals surface area contributed by atoms with E-state index in [9.17, 15) is 0 Å². The standard InChI is InChI=1S/C50H35N/c1-3-13-36(14-4-1)42-20-11-22-46(34-42)51(47-23-12-21-43(35-47)44-26-25-37-15-7-8-19-41(37)33-44)45-30-27-39(28-31-45)49-32-29-38-16-9-10-24-48(38)50(49)40-17-5-2-6-18-40/h1-35H. The number of benzene rings is 9. The normalized spacial score (nSPS) is 11.1. The minimum absolute atomic E-state index is 1.10. The summed E-state index contributed by atoms with van der Waals surface area (Å²) in [6.07, 6.45) is 0. The molecule has 51 heavy (non-hydrogen) atoms. The predicted octanol–water partition coefficient (Wildman–Crippen LogP) is 14.1. The zero-order chi connectivity index (χ0) is 34.0. The maximum atomic E-state index is 2.37. The minimum Gasteiger partial charge on any atom is -0.310 e. The first kappa shape index (κ1) is 30.4. The molecule has 0 aromatic heterocycles. The van der Waals surface area contributed by atoms with E-state index in [-0.39, 0.29) is 0 Å². The summed E-state index contributed by atoms with van der Waals surface area (Å²) in [7, 11) is 0. The lowest BCUT2D eigenvalue weighted by Gasteiger charge is -2.27. The van der Waals surface area contributed by atoms with Crippen LogP contribution in [0.3, 0.4) is 0 Å². The van der Waals surface area contributed by atoms with Crippen molar-refractivity contribution in [2.24, 2.45) is 0 Å². The van der Waals surface area contributed by atoms with Gasteiger partial charge in [0.25, 0.3) is 0 Å². The zero-order valence-corrected chi connectivity index (χ0v) is 28.2. The molecule has 240 valence electrons. The van der Waals surface area contributed by atoms with Crippen molar-refractivity contribution >= 4 is 38.6 Å². The number of rotatable bonds is 7. The number of anilines is 3. The molecule has 9 aromatic carbocycles. The third kappa shape index (κ3) is 5.96. The highest BCUT2D eigenvalue weighted by molar-refractivity contribution is 6.04. The van der Waals surface area contributed by atoms with Gasteiger partial charge < -0.3 is 4.90 Å². The molecule has 1 heteroatoms. The van der Waals surface area contributed by atoms with Crippen molar-refractivity contribution in [2.75, 3.05) is 4.90 Å². The first-order valence-electron chi connectivity index (χ1n) is 17.5. The van der Waals surface area contributed by atoms with Crippen LogP contribution < -0.4 is 4.90 Å². The Labute approximate surface area is 299 Å². The van der Waals surface area contributed by atoms with E-state index in [4.69, 9.17) is 0 Å². The molecule has 0 aliphatic carbocycles. The Morgan fingerprint density at radius 2 is 0.765 bits per heavy atom. The van der Waals surface area contributed by atoms with Crippen molar-refractivity contribution in [3.8, 4) is 44.5 Å². The lowest BCUT2D eigenvalue weighted by atomic mass is 9.90. The van der Waals surface area contributed by atoms with Crippen molar-refractivity contribution in [1.29, 1.82) is 0 Å². The van der Waals surface area contributed by atoms with E-state index in [1.807, 2.05) is 0 Å². The van der Waals surface area contributed by atoms with Crippen LogP contribution in [0.1, 0.15) is 0 Å². The van der Waals surface area contributed by atoms with Gasteiger partial charge >= 0.3 is 0 Å². The second kappa shape index (κ2) is 13.3. The molecule has 0 spiro atoms. The fourth-order valence-electron chi connectivity index (χ4n) is 7.31. The van der Waals surface area contributed by atoms with E-state index >= 15 is 0 Å². The summed E-state index contributed by atoms with van der Waals surface area (Å²) in [6, 6.07) is 76.7. The summed E-state index contributed by atoms with van der Waals surface area (Å²) < 4.78 is 0. The molecule has 0 saturated carbocycles. The van der Waals surface area contributed by atoms with E-state index in [1.54, 1.807) is 0 Å². The Kier molecular flexibility index (Phi) is 7.92. The van der Waals surface area contributed by atoms with Gasteiger partial charge in [0, 0.05) is 17.1 Å². The highest BCUT2D eigenvalue weighted by Crippen LogP contribution is 2.42.